The molecule has 9 heteroatoms. The summed E-state index contributed by atoms with van der Waals surface area (Å²) < 4.78 is 11.7. The highest BCUT2D eigenvalue weighted by molar-refractivity contribution is 5.99. The second-order valence-corrected chi connectivity index (χ2v) is 9.96. The molecule has 0 bridgehead atoms. The van der Waals surface area contributed by atoms with E-state index in [0.29, 0.717) is 39.4 Å². The fourth-order valence-corrected chi connectivity index (χ4v) is 4.57. The Labute approximate surface area is 223 Å². The largest absolute Gasteiger partial charge is 0.494 e. The minimum Gasteiger partial charge on any atom is -0.494 e. The maximum atomic E-state index is 13.2. The molecule has 0 aromatic heterocycles. The van der Waals surface area contributed by atoms with E-state index in [-0.39, 0.29) is 17.6 Å². The molecule has 2 amide bonds. The SMILES string of the molecule is C[C@H](OCc1ccccc1)[C@@H](NC(=O)O)C(=O)N1CCN(CCCOc2ccc(C(=O)C3CC3)cc2)CC1. The van der Waals surface area contributed by atoms with Gasteiger partial charge in [0.2, 0.25) is 5.91 Å². The van der Waals surface area contributed by atoms with Gasteiger partial charge in [0.15, 0.2) is 5.78 Å². The van der Waals surface area contributed by atoms with Crippen LogP contribution in [0.25, 0.3) is 0 Å². The standard InChI is InChI=1S/C29H37N3O6/c1-21(38-20-22-6-3-2-4-7-22)26(30-29(35)36)28(34)32-17-15-31(16-18-32)14-5-19-37-25-12-10-24(11-13-25)27(33)23-8-9-23/h2-4,6-7,10-13,21,23,26,30H,5,8-9,14-20H2,1H3,(H,35,36)/t21-,26+/m0/s1. The normalized spacial score (nSPS) is 17.4. The topological polar surface area (TPSA) is 108 Å². The van der Waals surface area contributed by atoms with Gasteiger partial charge in [0, 0.05) is 44.2 Å². The first-order valence-electron chi connectivity index (χ1n) is 13.3. The number of carboxylic acid groups (broad SMARTS) is 1. The van der Waals surface area contributed by atoms with Crippen LogP contribution >= 0.6 is 0 Å². The van der Waals surface area contributed by atoms with Crippen molar-refractivity contribution in [1.29, 1.82) is 0 Å². The maximum Gasteiger partial charge on any atom is 0.405 e. The second-order valence-electron chi connectivity index (χ2n) is 9.96. The monoisotopic (exact) mass is 523 g/mol. The van der Waals surface area contributed by atoms with E-state index < -0.39 is 18.2 Å². The summed E-state index contributed by atoms with van der Waals surface area (Å²) in [7, 11) is 0. The van der Waals surface area contributed by atoms with Gasteiger partial charge in [-0.1, -0.05) is 30.3 Å². The first-order chi connectivity index (χ1) is 18.4. The van der Waals surface area contributed by atoms with Gasteiger partial charge in [0.05, 0.1) is 19.3 Å². The summed E-state index contributed by atoms with van der Waals surface area (Å²) in [6.45, 7) is 5.90. The summed E-state index contributed by atoms with van der Waals surface area (Å²) in [4.78, 5) is 40.7. The molecule has 2 N–H and O–H groups in total. The number of rotatable bonds is 13. The van der Waals surface area contributed by atoms with Gasteiger partial charge in [-0.2, -0.15) is 0 Å². The van der Waals surface area contributed by atoms with E-state index in [1.807, 2.05) is 54.6 Å². The summed E-state index contributed by atoms with van der Waals surface area (Å²) in [5, 5.41) is 11.7. The molecule has 204 valence electrons. The van der Waals surface area contributed by atoms with Gasteiger partial charge in [-0.3, -0.25) is 14.5 Å². The Kier molecular flexibility index (Phi) is 9.73. The summed E-state index contributed by atoms with van der Waals surface area (Å²) in [5.74, 6) is 0.939. The number of ether oxygens (including phenoxy) is 2. The molecule has 4 rings (SSSR count). The Bertz CT molecular complexity index is 1070. The van der Waals surface area contributed by atoms with Crippen LogP contribution in [-0.2, 0) is 16.1 Å². The van der Waals surface area contributed by atoms with Crippen molar-refractivity contribution < 1.29 is 29.0 Å². The smallest absolute Gasteiger partial charge is 0.405 e. The van der Waals surface area contributed by atoms with Gasteiger partial charge in [-0.05, 0) is 56.0 Å². The first kappa shape index (κ1) is 27.6. The molecule has 38 heavy (non-hydrogen) atoms. The van der Waals surface area contributed by atoms with Crippen molar-refractivity contribution in [2.75, 3.05) is 39.3 Å². The lowest BCUT2D eigenvalue weighted by molar-refractivity contribution is -0.139. The van der Waals surface area contributed by atoms with Gasteiger partial charge in [0.25, 0.3) is 0 Å². The number of piperazine rings is 1. The van der Waals surface area contributed by atoms with Crippen molar-refractivity contribution in [1.82, 2.24) is 15.1 Å². The molecule has 0 unspecified atom stereocenters. The minimum absolute atomic E-state index is 0.216. The van der Waals surface area contributed by atoms with Gasteiger partial charge >= 0.3 is 6.09 Å². The van der Waals surface area contributed by atoms with Crippen LogP contribution in [0, 0.1) is 5.92 Å². The molecule has 1 heterocycles. The predicted molar refractivity (Wildman–Crippen MR) is 142 cm³/mol. The van der Waals surface area contributed by atoms with Crippen LogP contribution in [0.4, 0.5) is 4.79 Å². The van der Waals surface area contributed by atoms with Crippen molar-refractivity contribution in [3.63, 3.8) is 0 Å². The second kappa shape index (κ2) is 13.4. The Hall–Kier alpha value is -3.43. The van der Waals surface area contributed by atoms with E-state index >= 15 is 0 Å². The molecule has 2 aliphatic rings. The molecule has 9 nitrogen and oxygen atoms in total. The zero-order valence-electron chi connectivity index (χ0n) is 21.9. The number of hydrogen-bond donors (Lipinski definition) is 2. The molecule has 0 spiro atoms. The average molecular weight is 524 g/mol. The summed E-state index contributed by atoms with van der Waals surface area (Å²) in [6, 6.07) is 16.0. The molecule has 0 radical (unpaired) electrons. The Morgan fingerprint density at radius 2 is 1.68 bits per heavy atom. The molecule has 1 saturated heterocycles. The van der Waals surface area contributed by atoms with Crippen molar-refractivity contribution in [3.05, 3.63) is 65.7 Å². The van der Waals surface area contributed by atoms with E-state index in [1.165, 1.54) is 0 Å². The number of carbonyl (C=O) groups excluding carboxylic acids is 2. The molecule has 2 aromatic rings. The molecule has 1 aliphatic heterocycles. The highest BCUT2D eigenvalue weighted by atomic mass is 16.5. The zero-order chi connectivity index (χ0) is 26.9. The van der Waals surface area contributed by atoms with Crippen LogP contribution in [0.15, 0.2) is 54.6 Å². The fraction of sp³-hybridized carbons (Fsp3) is 0.483. The lowest BCUT2D eigenvalue weighted by atomic mass is 10.1. The number of nitrogens with one attached hydrogen (secondary N) is 1. The quantitative estimate of drug-likeness (QED) is 0.306. The number of carbonyl (C=O) groups is 3. The van der Waals surface area contributed by atoms with Gasteiger partial charge in [0.1, 0.15) is 11.8 Å². The Balaban J connectivity index is 1.17. The van der Waals surface area contributed by atoms with Crippen molar-refractivity contribution in [2.45, 2.75) is 44.9 Å². The highest BCUT2D eigenvalue weighted by Gasteiger charge is 2.33. The highest BCUT2D eigenvalue weighted by Crippen LogP contribution is 2.32. The van der Waals surface area contributed by atoms with E-state index in [4.69, 9.17) is 9.47 Å². The fourth-order valence-electron chi connectivity index (χ4n) is 4.57. The van der Waals surface area contributed by atoms with Gasteiger partial charge in [-0.15, -0.1) is 0 Å². The van der Waals surface area contributed by atoms with Crippen LogP contribution in [0.3, 0.4) is 0 Å². The number of benzene rings is 2. The molecular formula is C29H37N3O6. The first-order valence-corrected chi connectivity index (χ1v) is 13.3. The van der Waals surface area contributed by atoms with E-state index in [2.05, 4.69) is 10.2 Å². The van der Waals surface area contributed by atoms with Crippen molar-refractivity contribution in [3.8, 4) is 5.75 Å². The van der Waals surface area contributed by atoms with E-state index in [1.54, 1.807) is 11.8 Å². The van der Waals surface area contributed by atoms with Gasteiger partial charge < -0.3 is 24.8 Å². The third-order valence-electron chi connectivity index (χ3n) is 7.03. The van der Waals surface area contributed by atoms with Crippen LogP contribution in [0.2, 0.25) is 0 Å². The van der Waals surface area contributed by atoms with Gasteiger partial charge in [-0.25, -0.2) is 4.79 Å². The summed E-state index contributed by atoms with van der Waals surface area (Å²) in [5.41, 5.74) is 1.71. The number of Topliss-reactive ketones (excluding diaryl/α,β-unsaturated/α-hetero) is 1. The number of amides is 2. The van der Waals surface area contributed by atoms with Crippen molar-refractivity contribution in [2.24, 2.45) is 5.92 Å². The third-order valence-corrected chi connectivity index (χ3v) is 7.03. The van der Waals surface area contributed by atoms with Crippen LogP contribution in [0.1, 0.15) is 42.1 Å². The maximum absolute atomic E-state index is 13.2. The third kappa shape index (κ3) is 8.03. The number of nitrogens with zero attached hydrogens (tertiary/aromatic N) is 2. The van der Waals surface area contributed by atoms with E-state index in [9.17, 15) is 19.5 Å². The van der Waals surface area contributed by atoms with Crippen LogP contribution in [0.5, 0.6) is 5.75 Å². The lowest BCUT2D eigenvalue weighted by Gasteiger charge is -2.37. The van der Waals surface area contributed by atoms with Crippen LogP contribution in [-0.4, -0.2) is 84.2 Å². The summed E-state index contributed by atoms with van der Waals surface area (Å²) in [6.07, 6.45) is 0.976. The van der Waals surface area contributed by atoms with Crippen molar-refractivity contribution >= 4 is 17.8 Å². The molecule has 2 aromatic carbocycles. The molecule has 2 atom stereocenters. The van der Waals surface area contributed by atoms with Crippen LogP contribution < -0.4 is 10.1 Å². The zero-order valence-corrected chi connectivity index (χ0v) is 21.9. The lowest BCUT2D eigenvalue weighted by Crippen LogP contribution is -2.58. The average Bonchev–Trinajstić information content (AvgIpc) is 3.79. The molecule has 1 aliphatic carbocycles. The number of hydrogen-bond acceptors (Lipinski definition) is 6. The molecular weight excluding hydrogens is 486 g/mol. The number of ketones is 1. The van der Waals surface area contributed by atoms with E-state index in [0.717, 1.165) is 42.7 Å². The summed E-state index contributed by atoms with van der Waals surface area (Å²) >= 11 is 0. The molecule has 2 fully saturated rings. The Morgan fingerprint density at radius 3 is 2.32 bits per heavy atom. The Morgan fingerprint density at radius 1 is 1.00 bits per heavy atom. The predicted octanol–water partition coefficient (Wildman–Crippen LogP) is 3.43. The molecule has 1 saturated carbocycles. The minimum atomic E-state index is -1.25.